The number of benzene rings is 1. The summed E-state index contributed by atoms with van der Waals surface area (Å²) >= 11 is 5.90. The average molecular weight is 345 g/mol. The van der Waals surface area contributed by atoms with Crippen LogP contribution >= 0.6 is 11.6 Å². The summed E-state index contributed by atoms with van der Waals surface area (Å²) in [5.41, 5.74) is 2.18. The summed E-state index contributed by atoms with van der Waals surface area (Å²) in [5, 5.41) is 10.1. The van der Waals surface area contributed by atoms with E-state index in [9.17, 15) is 14.7 Å². The zero-order valence-electron chi connectivity index (χ0n) is 13.1. The van der Waals surface area contributed by atoms with Gasteiger partial charge >= 0.3 is 5.97 Å². The number of carbonyl (C=O) groups excluding carboxylic acids is 1. The fourth-order valence-corrected chi connectivity index (χ4v) is 3.17. The Morgan fingerprint density at radius 3 is 2.46 bits per heavy atom. The van der Waals surface area contributed by atoms with E-state index in [-0.39, 0.29) is 18.4 Å². The number of rotatable bonds is 3. The lowest BCUT2D eigenvalue weighted by Crippen LogP contribution is -2.30. The second kappa shape index (κ2) is 6.61. The van der Waals surface area contributed by atoms with Crippen molar-refractivity contribution in [2.75, 3.05) is 13.1 Å². The molecule has 5 nitrogen and oxygen atoms in total. The first kappa shape index (κ1) is 16.5. The van der Waals surface area contributed by atoms with Gasteiger partial charge in [-0.3, -0.25) is 14.6 Å². The molecule has 1 N–H and O–H groups in total. The minimum Gasteiger partial charge on any atom is -0.481 e. The molecule has 0 radical (unpaired) electrons. The number of carboxylic acid groups (broad SMARTS) is 1. The highest BCUT2D eigenvalue weighted by atomic mass is 35.5. The highest BCUT2D eigenvalue weighted by molar-refractivity contribution is 6.30. The highest BCUT2D eigenvalue weighted by Crippen LogP contribution is 2.34. The van der Waals surface area contributed by atoms with Crippen LogP contribution in [0.2, 0.25) is 5.02 Å². The number of aromatic nitrogens is 1. The fourth-order valence-electron chi connectivity index (χ4n) is 3.04. The van der Waals surface area contributed by atoms with E-state index >= 15 is 0 Å². The lowest BCUT2D eigenvalue weighted by molar-refractivity contribution is -0.141. The van der Waals surface area contributed by atoms with Crippen molar-refractivity contribution in [3.63, 3.8) is 0 Å². The van der Waals surface area contributed by atoms with Gasteiger partial charge in [0.15, 0.2) is 0 Å². The maximum atomic E-state index is 12.6. The van der Waals surface area contributed by atoms with Crippen LogP contribution in [-0.2, 0) is 4.79 Å². The molecule has 1 aliphatic heterocycles. The van der Waals surface area contributed by atoms with Crippen LogP contribution in [0.15, 0.2) is 42.6 Å². The molecular formula is C18H17ClN2O3. The third-order valence-electron chi connectivity index (χ3n) is 4.38. The number of halogens is 1. The van der Waals surface area contributed by atoms with Crippen molar-refractivity contribution in [1.82, 2.24) is 9.88 Å². The molecule has 0 saturated carbocycles. The Balaban J connectivity index is 1.84. The van der Waals surface area contributed by atoms with Gasteiger partial charge < -0.3 is 10.0 Å². The van der Waals surface area contributed by atoms with Gasteiger partial charge in [0.05, 0.1) is 11.5 Å². The number of pyridine rings is 1. The van der Waals surface area contributed by atoms with Crippen LogP contribution in [0.3, 0.4) is 0 Å². The predicted octanol–water partition coefficient (Wildman–Crippen LogP) is 2.98. The number of carboxylic acids is 1. The first-order valence-electron chi connectivity index (χ1n) is 7.66. The minimum atomic E-state index is -0.896. The Morgan fingerprint density at radius 1 is 1.17 bits per heavy atom. The van der Waals surface area contributed by atoms with Crippen LogP contribution in [0.5, 0.6) is 0 Å². The largest absolute Gasteiger partial charge is 0.481 e. The summed E-state index contributed by atoms with van der Waals surface area (Å²) in [4.78, 5) is 30.0. The monoisotopic (exact) mass is 344 g/mol. The summed E-state index contributed by atoms with van der Waals surface area (Å²) in [6.07, 6.45) is 1.53. The van der Waals surface area contributed by atoms with Gasteiger partial charge in [-0.1, -0.05) is 23.7 Å². The van der Waals surface area contributed by atoms with Crippen molar-refractivity contribution in [2.45, 2.75) is 12.8 Å². The van der Waals surface area contributed by atoms with E-state index in [1.165, 1.54) is 6.20 Å². The predicted molar refractivity (Wildman–Crippen MR) is 90.2 cm³/mol. The second-order valence-electron chi connectivity index (χ2n) is 6.00. The summed E-state index contributed by atoms with van der Waals surface area (Å²) < 4.78 is 0. The molecule has 0 unspecified atom stereocenters. The molecule has 6 heteroatoms. The maximum Gasteiger partial charge on any atom is 0.308 e. The first-order chi connectivity index (χ1) is 11.5. The molecule has 2 aromatic rings. The smallest absolute Gasteiger partial charge is 0.308 e. The molecule has 2 heterocycles. The lowest BCUT2D eigenvalue weighted by Gasteiger charge is -2.16. The van der Waals surface area contributed by atoms with Gasteiger partial charge in [0, 0.05) is 35.9 Å². The highest BCUT2D eigenvalue weighted by Gasteiger charge is 2.40. The van der Waals surface area contributed by atoms with E-state index in [1.807, 2.05) is 19.1 Å². The number of hydrogen-bond donors (Lipinski definition) is 1. The van der Waals surface area contributed by atoms with Crippen molar-refractivity contribution >= 4 is 23.5 Å². The Hall–Kier alpha value is -2.40. The minimum absolute atomic E-state index is 0.190. The topological polar surface area (TPSA) is 70.5 Å². The molecule has 1 amide bonds. The van der Waals surface area contributed by atoms with Crippen molar-refractivity contribution in [1.29, 1.82) is 0 Å². The van der Waals surface area contributed by atoms with Gasteiger partial charge in [0.2, 0.25) is 0 Å². The Kier molecular flexibility index (Phi) is 4.53. The molecule has 0 spiro atoms. The zero-order valence-corrected chi connectivity index (χ0v) is 13.9. The molecule has 24 heavy (non-hydrogen) atoms. The SMILES string of the molecule is Cc1ccc(C(=O)N2C[C@@H](C(=O)O)[C@H](c3ccc(Cl)cc3)C2)cn1. The summed E-state index contributed by atoms with van der Waals surface area (Å²) in [7, 11) is 0. The maximum absolute atomic E-state index is 12.6. The van der Waals surface area contributed by atoms with E-state index in [4.69, 9.17) is 11.6 Å². The number of aryl methyl sites for hydroxylation is 1. The van der Waals surface area contributed by atoms with Gasteiger partial charge in [-0.15, -0.1) is 0 Å². The third kappa shape index (κ3) is 3.26. The average Bonchev–Trinajstić information content (AvgIpc) is 3.01. The molecule has 3 rings (SSSR count). The van der Waals surface area contributed by atoms with Gasteiger partial charge in [0.25, 0.3) is 5.91 Å². The molecule has 1 fully saturated rings. The van der Waals surface area contributed by atoms with Crippen LogP contribution in [0.4, 0.5) is 0 Å². The normalized spacial score (nSPS) is 20.2. The summed E-state index contributed by atoms with van der Waals surface area (Å²) in [5.74, 6) is -1.96. The van der Waals surface area contributed by atoms with Crippen molar-refractivity contribution < 1.29 is 14.7 Å². The molecule has 124 valence electrons. The number of amides is 1. The van der Waals surface area contributed by atoms with Crippen LogP contribution in [-0.4, -0.2) is 40.0 Å². The summed E-state index contributed by atoms with van der Waals surface area (Å²) in [6.45, 7) is 2.40. The Labute approximate surface area is 144 Å². The lowest BCUT2D eigenvalue weighted by atomic mass is 9.89. The third-order valence-corrected chi connectivity index (χ3v) is 4.63. The molecule has 1 aromatic carbocycles. The van der Waals surface area contributed by atoms with Crippen LogP contribution in [0.25, 0.3) is 0 Å². The van der Waals surface area contributed by atoms with E-state index in [2.05, 4.69) is 4.98 Å². The zero-order chi connectivity index (χ0) is 17.3. The van der Waals surface area contributed by atoms with Crippen LogP contribution < -0.4 is 0 Å². The van der Waals surface area contributed by atoms with E-state index in [0.717, 1.165) is 11.3 Å². The van der Waals surface area contributed by atoms with E-state index in [0.29, 0.717) is 17.1 Å². The molecule has 1 aromatic heterocycles. The van der Waals surface area contributed by atoms with Crippen LogP contribution in [0, 0.1) is 12.8 Å². The second-order valence-corrected chi connectivity index (χ2v) is 6.44. The van der Waals surface area contributed by atoms with E-state index in [1.54, 1.807) is 29.2 Å². The summed E-state index contributed by atoms with van der Waals surface area (Å²) in [6, 6.07) is 10.6. The number of hydrogen-bond acceptors (Lipinski definition) is 3. The van der Waals surface area contributed by atoms with Crippen molar-refractivity contribution in [3.8, 4) is 0 Å². The first-order valence-corrected chi connectivity index (χ1v) is 8.03. The molecular weight excluding hydrogens is 328 g/mol. The van der Waals surface area contributed by atoms with Gasteiger partial charge in [-0.2, -0.15) is 0 Å². The van der Waals surface area contributed by atoms with Crippen molar-refractivity contribution in [3.05, 3.63) is 64.4 Å². The molecule has 0 aliphatic carbocycles. The standard InChI is InChI=1S/C18H17ClN2O3/c1-11-2-3-13(8-20-11)17(22)21-9-15(16(10-21)18(23)24)12-4-6-14(19)7-5-12/h2-8,15-16H,9-10H2,1H3,(H,23,24)/t15-,16+/m0/s1. The van der Waals surface area contributed by atoms with Gasteiger partial charge in [-0.05, 0) is 36.8 Å². The molecule has 1 saturated heterocycles. The Morgan fingerprint density at radius 2 is 1.88 bits per heavy atom. The quantitative estimate of drug-likeness (QED) is 0.929. The van der Waals surface area contributed by atoms with Crippen molar-refractivity contribution in [2.24, 2.45) is 5.92 Å². The number of aliphatic carboxylic acids is 1. The van der Waals surface area contributed by atoms with E-state index < -0.39 is 11.9 Å². The molecule has 0 bridgehead atoms. The number of carbonyl (C=O) groups is 2. The van der Waals surface area contributed by atoms with Gasteiger partial charge in [0.1, 0.15) is 0 Å². The number of nitrogens with zero attached hydrogens (tertiary/aromatic N) is 2. The molecule has 1 aliphatic rings. The Bertz CT molecular complexity index is 759. The van der Waals surface area contributed by atoms with Crippen LogP contribution in [0.1, 0.15) is 27.5 Å². The number of likely N-dealkylation sites (tertiary alicyclic amines) is 1. The fraction of sp³-hybridized carbons (Fsp3) is 0.278. The molecule has 2 atom stereocenters. The van der Waals surface area contributed by atoms with Gasteiger partial charge in [-0.25, -0.2) is 0 Å².